The lowest BCUT2D eigenvalue weighted by Gasteiger charge is -2.35. The monoisotopic (exact) mass is 383 g/mol. The quantitative estimate of drug-likeness (QED) is 0.829. The Hall–Kier alpha value is -2.87. The number of amides is 1. The molecule has 2 aliphatic rings. The fraction of sp³-hybridized carbons (Fsp3) is 0.450. The maximum absolute atomic E-state index is 13.0. The van der Waals surface area contributed by atoms with Crippen LogP contribution in [0.2, 0.25) is 0 Å². The number of piperazine rings is 1. The number of anilines is 2. The van der Waals surface area contributed by atoms with E-state index in [1.165, 1.54) is 0 Å². The molecule has 148 valence electrons. The van der Waals surface area contributed by atoms with E-state index in [1.54, 1.807) is 7.11 Å². The van der Waals surface area contributed by atoms with E-state index >= 15 is 0 Å². The zero-order valence-electron chi connectivity index (χ0n) is 16.2. The van der Waals surface area contributed by atoms with Crippen molar-refractivity contribution in [3.05, 3.63) is 45.7 Å². The van der Waals surface area contributed by atoms with Gasteiger partial charge in [0.2, 0.25) is 11.9 Å². The van der Waals surface area contributed by atoms with Gasteiger partial charge in [-0.15, -0.1) is 0 Å². The number of nitrogens with one attached hydrogen (secondary N) is 2. The third-order valence-electron chi connectivity index (χ3n) is 5.57. The minimum absolute atomic E-state index is 0.150. The van der Waals surface area contributed by atoms with E-state index < -0.39 is 0 Å². The largest absolute Gasteiger partial charge is 0.496 e. The molecular weight excluding hydrogens is 358 g/mol. The van der Waals surface area contributed by atoms with Crippen LogP contribution in [-0.4, -0.2) is 60.6 Å². The maximum Gasteiger partial charge on any atom is 0.258 e. The van der Waals surface area contributed by atoms with E-state index in [0.29, 0.717) is 23.1 Å². The summed E-state index contributed by atoms with van der Waals surface area (Å²) in [5.41, 5.74) is 1.09. The van der Waals surface area contributed by atoms with Crippen LogP contribution >= 0.6 is 0 Å². The Morgan fingerprint density at radius 2 is 1.93 bits per heavy atom. The van der Waals surface area contributed by atoms with E-state index in [9.17, 15) is 9.59 Å². The SMILES string of the molecule is CCN1CCN(c2nc3c(c(=O)[nH]2)C(c2ccccc2OC)CC(=O)N3)CC1. The summed E-state index contributed by atoms with van der Waals surface area (Å²) < 4.78 is 5.45. The summed E-state index contributed by atoms with van der Waals surface area (Å²) in [5, 5.41) is 2.79. The average molecular weight is 383 g/mol. The Labute approximate surface area is 163 Å². The van der Waals surface area contributed by atoms with Crippen LogP contribution in [0.4, 0.5) is 11.8 Å². The number of aromatic amines is 1. The fourth-order valence-corrected chi connectivity index (χ4v) is 4.01. The third-order valence-corrected chi connectivity index (χ3v) is 5.57. The number of methoxy groups -OCH3 is 1. The molecule has 1 unspecified atom stereocenters. The van der Waals surface area contributed by atoms with Crippen LogP contribution in [-0.2, 0) is 4.79 Å². The summed E-state index contributed by atoms with van der Waals surface area (Å²) in [5.74, 6) is 0.988. The second kappa shape index (κ2) is 7.63. The predicted octanol–water partition coefficient (Wildman–Crippen LogP) is 1.39. The molecule has 0 saturated carbocycles. The van der Waals surface area contributed by atoms with Gasteiger partial charge < -0.3 is 19.9 Å². The Balaban J connectivity index is 1.72. The number of fused-ring (bicyclic) bond motifs is 1. The van der Waals surface area contributed by atoms with Crippen molar-refractivity contribution < 1.29 is 9.53 Å². The van der Waals surface area contributed by atoms with Gasteiger partial charge >= 0.3 is 0 Å². The Kier molecular flexibility index (Phi) is 5.04. The first kappa shape index (κ1) is 18.5. The standard InChI is InChI=1S/C20H25N5O3/c1-3-24-8-10-25(11-9-24)20-22-18-17(19(27)23-20)14(12-16(26)21-18)13-6-4-5-7-15(13)28-2/h4-7,14H,3,8-12H2,1-2H3,(H2,21,22,23,26,27). The number of carbonyl (C=O) groups excluding carboxylic acids is 1. The van der Waals surface area contributed by atoms with Crippen molar-refractivity contribution in [3.8, 4) is 5.75 Å². The third kappa shape index (κ3) is 3.35. The summed E-state index contributed by atoms with van der Waals surface area (Å²) in [6.45, 7) is 6.58. The molecule has 1 aromatic heterocycles. The van der Waals surface area contributed by atoms with Gasteiger partial charge in [0.05, 0.1) is 12.7 Å². The van der Waals surface area contributed by atoms with Gasteiger partial charge in [0.1, 0.15) is 11.6 Å². The van der Waals surface area contributed by atoms with Crippen molar-refractivity contribution in [3.63, 3.8) is 0 Å². The number of hydrogen-bond donors (Lipinski definition) is 2. The number of benzene rings is 1. The highest BCUT2D eigenvalue weighted by Gasteiger charge is 2.33. The lowest BCUT2D eigenvalue weighted by atomic mass is 9.86. The molecule has 0 bridgehead atoms. The van der Waals surface area contributed by atoms with E-state index in [-0.39, 0.29) is 23.8 Å². The molecule has 0 spiro atoms. The van der Waals surface area contributed by atoms with Gasteiger partial charge in [-0.1, -0.05) is 25.1 Å². The molecule has 1 saturated heterocycles. The Morgan fingerprint density at radius 1 is 1.18 bits per heavy atom. The summed E-state index contributed by atoms with van der Waals surface area (Å²) >= 11 is 0. The molecule has 2 aromatic rings. The van der Waals surface area contributed by atoms with Gasteiger partial charge in [0.15, 0.2) is 0 Å². The molecule has 0 radical (unpaired) electrons. The second-order valence-electron chi connectivity index (χ2n) is 7.12. The normalized spacial score (nSPS) is 19.9. The van der Waals surface area contributed by atoms with Gasteiger partial charge in [-0.05, 0) is 12.6 Å². The molecular formula is C20H25N5O3. The number of ether oxygens (including phenoxy) is 1. The average Bonchev–Trinajstić information content (AvgIpc) is 2.72. The lowest BCUT2D eigenvalue weighted by Crippen LogP contribution is -2.47. The van der Waals surface area contributed by atoms with E-state index in [4.69, 9.17) is 4.74 Å². The van der Waals surface area contributed by atoms with Gasteiger partial charge in [-0.25, -0.2) is 0 Å². The molecule has 2 N–H and O–H groups in total. The van der Waals surface area contributed by atoms with Crippen molar-refractivity contribution in [2.75, 3.05) is 50.1 Å². The predicted molar refractivity (Wildman–Crippen MR) is 107 cm³/mol. The lowest BCUT2D eigenvalue weighted by molar-refractivity contribution is -0.116. The summed E-state index contributed by atoms with van der Waals surface area (Å²) in [6, 6.07) is 7.48. The molecule has 2 aliphatic heterocycles. The number of likely N-dealkylation sites (N-methyl/N-ethyl adjacent to an activating group) is 1. The highest BCUT2D eigenvalue weighted by atomic mass is 16.5. The van der Waals surface area contributed by atoms with E-state index in [0.717, 1.165) is 38.3 Å². The molecule has 1 aromatic carbocycles. The minimum atomic E-state index is -0.387. The zero-order valence-corrected chi connectivity index (χ0v) is 16.2. The van der Waals surface area contributed by atoms with Crippen molar-refractivity contribution in [1.29, 1.82) is 0 Å². The number of nitrogens with zero attached hydrogens (tertiary/aromatic N) is 3. The van der Waals surface area contributed by atoms with E-state index in [1.807, 2.05) is 24.3 Å². The van der Waals surface area contributed by atoms with Crippen LogP contribution in [0.25, 0.3) is 0 Å². The number of H-pyrrole nitrogens is 1. The van der Waals surface area contributed by atoms with Crippen molar-refractivity contribution in [1.82, 2.24) is 14.9 Å². The van der Waals surface area contributed by atoms with Gasteiger partial charge in [0.25, 0.3) is 5.56 Å². The number of rotatable bonds is 4. The molecule has 3 heterocycles. The van der Waals surface area contributed by atoms with Gasteiger partial charge in [-0.2, -0.15) is 4.98 Å². The topological polar surface area (TPSA) is 90.6 Å². The minimum Gasteiger partial charge on any atom is -0.496 e. The van der Waals surface area contributed by atoms with Crippen LogP contribution in [0, 0.1) is 0 Å². The smallest absolute Gasteiger partial charge is 0.258 e. The molecule has 1 atom stereocenters. The van der Waals surface area contributed by atoms with Crippen LogP contribution in [0.1, 0.15) is 30.4 Å². The Morgan fingerprint density at radius 3 is 2.64 bits per heavy atom. The highest BCUT2D eigenvalue weighted by Crippen LogP contribution is 2.38. The number of aromatic nitrogens is 2. The zero-order chi connectivity index (χ0) is 19.7. The first-order valence-corrected chi connectivity index (χ1v) is 9.65. The fourth-order valence-electron chi connectivity index (χ4n) is 4.01. The van der Waals surface area contributed by atoms with E-state index in [2.05, 4.69) is 32.0 Å². The summed E-state index contributed by atoms with van der Waals surface area (Å²) in [6.07, 6.45) is 0.187. The molecule has 8 nitrogen and oxygen atoms in total. The first-order valence-electron chi connectivity index (χ1n) is 9.65. The van der Waals surface area contributed by atoms with Crippen LogP contribution in [0.15, 0.2) is 29.1 Å². The van der Waals surface area contributed by atoms with Crippen molar-refractivity contribution in [2.24, 2.45) is 0 Å². The summed E-state index contributed by atoms with van der Waals surface area (Å²) in [4.78, 5) is 37.3. The maximum atomic E-state index is 13.0. The van der Waals surface area contributed by atoms with Crippen molar-refractivity contribution in [2.45, 2.75) is 19.3 Å². The highest BCUT2D eigenvalue weighted by molar-refractivity contribution is 5.94. The number of para-hydroxylation sites is 1. The van der Waals surface area contributed by atoms with Crippen molar-refractivity contribution >= 4 is 17.7 Å². The second-order valence-corrected chi connectivity index (χ2v) is 7.12. The van der Waals surface area contributed by atoms with Gasteiger partial charge in [0, 0.05) is 44.1 Å². The number of carbonyl (C=O) groups is 1. The Bertz CT molecular complexity index is 934. The van der Waals surface area contributed by atoms with Crippen LogP contribution in [0.3, 0.4) is 0 Å². The molecule has 1 amide bonds. The molecule has 4 rings (SSSR count). The van der Waals surface area contributed by atoms with Crippen LogP contribution < -0.4 is 20.5 Å². The molecule has 28 heavy (non-hydrogen) atoms. The van der Waals surface area contributed by atoms with Crippen LogP contribution in [0.5, 0.6) is 5.75 Å². The van der Waals surface area contributed by atoms with Gasteiger partial charge in [-0.3, -0.25) is 14.6 Å². The molecule has 8 heteroatoms. The molecule has 1 fully saturated rings. The first-order chi connectivity index (χ1) is 13.6. The summed E-state index contributed by atoms with van der Waals surface area (Å²) in [7, 11) is 1.59. The number of hydrogen-bond acceptors (Lipinski definition) is 6. The molecule has 0 aliphatic carbocycles.